The molecular weight excluding hydrogens is 212 g/mol. The van der Waals surface area contributed by atoms with Gasteiger partial charge in [0.05, 0.1) is 5.57 Å². The fraction of sp³-hybridized carbons (Fsp3) is 0.444. The lowest BCUT2D eigenvalue weighted by Gasteiger charge is -2.24. The Morgan fingerprint density at radius 2 is 2.21 bits per heavy atom. The predicted octanol–water partition coefficient (Wildman–Crippen LogP) is 2.16. The van der Waals surface area contributed by atoms with E-state index >= 15 is 0 Å². The molecule has 0 saturated carbocycles. The first-order chi connectivity index (χ1) is 6.43. The lowest BCUT2D eigenvalue weighted by atomic mass is 9.99. The quantitative estimate of drug-likeness (QED) is 0.666. The minimum atomic E-state index is -2.65. The molecule has 0 saturated heterocycles. The molecule has 0 aromatic rings. The summed E-state index contributed by atoms with van der Waals surface area (Å²) in [6.45, 7) is 1.97. The molecule has 0 radical (unpaired) electrons. The molecule has 1 rings (SSSR count). The molecule has 5 heteroatoms. The molecule has 0 aromatic carbocycles. The Kier molecular flexibility index (Phi) is 3.26. The summed E-state index contributed by atoms with van der Waals surface area (Å²) in [5, 5.41) is -0.841. The van der Waals surface area contributed by atoms with Gasteiger partial charge in [0.2, 0.25) is 0 Å². The number of carbonyl (C=O) groups excluding carboxylic acids is 1. The zero-order chi connectivity index (χ0) is 10.9. The van der Waals surface area contributed by atoms with Gasteiger partial charge in [0.1, 0.15) is 0 Å². The molecule has 1 heterocycles. The average Bonchev–Trinajstić information content (AvgIpc) is 2.01. The van der Waals surface area contributed by atoms with Gasteiger partial charge in [-0.05, 0) is 24.1 Å². The Morgan fingerprint density at radius 1 is 1.64 bits per heavy atom. The van der Waals surface area contributed by atoms with E-state index in [0.29, 0.717) is 12.1 Å². The van der Waals surface area contributed by atoms with Crippen molar-refractivity contribution in [1.82, 2.24) is 4.90 Å². The van der Waals surface area contributed by atoms with Crippen LogP contribution in [0.4, 0.5) is 8.78 Å². The maximum Gasteiger partial charge on any atom is 0.264 e. The van der Waals surface area contributed by atoms with Crippen LogP contribution in [-0.2, 0) is 4.79 Å². The van der Waals surface area contributed by atoms with Crippen molar-refractivity contribution in [3.05, 3.63) is 22.9 Å². The van der Waals surface area contributed by atoms with Crippen LogP contribution in [0.5, 0.6) is 0 Å². The van der Waals surface area contributed by atoms with E-state index in [0.717, 1.165) is 0 Å². The summed E-state index contributed by atoms with van der Waals surface area (Å²) in [6, 6.07) is 0. The maximum absolute atomic E-state index is 12.6. The summed E-state index contributed by atoms with van der Waals surface area (Å²) in [4.78, 5) is 12.6. The summed E-state index contributed by atoms with van der Waals surface area (Å²) >= 11 is 5.22. The normalized spacial score (nSPS) is 17.6. The number of likely N-dealkylation sites (N-methyl/N-ethyl adjacent to an activating group) is 1. The second-order valence-electron chi connectivity index (χ2n) is 3.23. The molecule has 78 valence electrons. The number of allylic oxidation sites excluding steroid dienone is 2. The highest BCUT2D eigenvalue weighted by molar-refractivity contribution is 6.68. The number of nitrogens with zero attached hydrogens (tertiary/aromatic N) is 1. The molecule has 0 aliphatic carbocycles. The lowest BCUT2D eigenvalue weighted by Crippen LogP contribution is -2.24. The van der Waals surface area contributed by atoms with Crippen LogP contribution in [0.3, 0.4) is 0 Å². The first kappa shape index (κ1) is 11.2. The van der Waals surface area contributed by atoms with Gasteiger partial charge in [-0.1, -0.05) is 0 Å². The number of rotatable bonds is 2. The number of alkyl halides is 2. The second kappa shape index (κ2) is 4.09. The van der Waals surface area contributed by atoms with Crippen LogP contribution >= 0.6 is 11.6 Å². The molecule has 0 amide bonds. The fourth-order valence-electron chi connectivity index (χ4n) is 1.49. The molecule has 0 N–H and O–H groups in total. The van der Waals surface area contributed by atoms with Crippen molar-refractivity contribution in [3.63, 3.8) is 0 Å². The zero-order valence-corrected chi connectivity index (χ0v) is 8.61. The molecule has 0 bridgehead atoms. The average molecular weight is 222 g/mol. The van der Waals surface area contributed by atoms with Gasteiger partial charge >= 0.3 is 0 Å². The van der Waals surface area contributed by atoms with Gasteiger partial charge in [-0.2, -0.15) is 0 Å². The number of halogens is 3. The lowest BCUT2D eigenvalue weighted by molar-refractivity contribution is -0.108. The van der Waals surface area contributed by atoms with Crippen molar-refractivity contribution < 1.29 is 13.6 Å². The minimum absolute atomic E-state index is 0.104. The van der Waals surface area contributed by atoms with E-state index < -0.39 is 11.7 Å². The highest BCUT2D eigenvalue weighted by atomic mass is 35.5. The third-order valence-electron chi connectivity index (χ3n) is 2.02. The first-order valence-corrected chi connectivity index (χ1v) is 4.41. The van der Waals surface area contributed by atoms with Crippen molar-refractivity contribution in [1.29, 1.82) is 0 Å². The van der Waals surface area contributed by atoms with Gasteiger partial charge in [0.15, 0.2) is 0 Å². The highest BCUT2D eigenvalue weighted by Crippen LogP contribution is 2.28. The fourth-order valence-corrected chi connectivity index (χ4v) is 1.64. The summed E-state index contributed by atoms with van der Waals surface area (Å²) in [6.07, 6.45) is -1.30. The monoisotopic (exact) mass is 221 g/mol. The standard InChI is InChI=1S/C9H10ClF2NO/c1-5-3-13(2)4-6(8(10)14)7(5)9(11)12/h4,9H,3H2,1-2H3. The van der Waals surface area contributed by atoms with Crippen molar-refractivity contribution in [2.24, 2.45) is 0 Å². The highest BCUT2D eigenvalue weighted by Gasteiger charge is 2.26. The number of hydrogen-bond donors (Lipinski definition) is 0. The molecule has 14 heavy (non-hydrogen) atoms. The third kappa shape index (κ3) is 2.12. The van der Waals surface area contributed by atoms with E-state index in [9.17, 15) is 13.6 Å². The number of hydrogen-bond acceptors (Lipinski definition) is 2. The Bertz CT molecular complexity index is 323. The molecule has 0 spiro atoms. The minimum Gasteiger partial charge on any atom is -0.376 e. The van der Waals surface area contributed by atoms with E-state index in [4.69, 9.17) is 11.6 Å². The Labute approximate surface area is 85.8 Å². The topological polar surface area (TPSA) is 20.3 Å². The van der Waals surface area contributed by atoms with Crippen molar-refractivity contribution in [3.8, 4) is 0 Å². The smallest absolute Gasteiger partial charge is 0.264 e. The van der Waals surface area contributed by atoms with Crippen molar-refractivity contribution in [2.75, 3.05) is 13.6 Å². The molecular formula is C9H10ClF2NO. The third-order valence-corrected chi connectivity index (χ3v) is 2.22. The van der Waals surface area contributed by atoms with E-state index in [1.165, 1.54) is 6.20 Å². The van der Waals surface area contributed by atoms with Gasteiger partial charge in [0, 0.05) is 25.4 Å². The Morgan fingerprint density at radius 3 is 2.64 bits per heavy atom. The van der Waals surface area contributed by atoms with Gasteiger partial charge in [0.25, 0.3) is 11.7 Å². The first-order valence-electron chi connectivity index (χ1n) is 4.03. The molecule has 0 unspecified atom stereocenters. The summed E-state index contributed by atoms with van der Waals surface area (Å²) in [5.74, 6) is 0. The van der Waals surface area contributed by atoms with Crippen LogP contribution in [0.25, 0.3) is 0 Å². The molecule has 1 aliphatic heterocycles. The van der Waals surface area contributed by atoms with E-state index in [2.05, 4.69) is 0 Å². The summed E-state index contributed by atoms with van der Waals surface area (Å²) in [7, 11) is 1.70. The summed E-state index contributed by atoms with van der Waals surface area (Å²) < 4.78 is 25.2. The Balaban J connectivity index is 3.15. The maximum atomic E-state index is 12.6. The van der Waals surface area contributed by atoms with E-state index in [1.807, 2.05) is 0 Å². The molecule has 0 atom stereocenters. The SMILES string of the molecule is CC1=C(C(F)F)C(C(=O)Cl)=CN(C)C1. The van der Waals surface area contributed by atoms with Crippen LogP contribution in [0, 0.1) is 0 Å². The van der Waals surface area contributed by atoms with E-state index in [-0.39, 0.29) is 11.1 Å². The Hall–Kier alpha value is -0.900. The summed E-state index contributed by atoms with van der Waals surface area (Å²) in [5.41, 5.74) is 0.144. The van der Waals surface area contributed by atoms with Crippen LogP contribution in [0.15, 0.2) is 22.9 Å². The van der Waals surface area contributed by atoms with Crippen LogP contribution in [0.1, 0.15) is 6.92 Å². The molecule has 2 nitrogen and oxygen atoms in total. The largest absolute Gasteiger partial charge is 0.376 e. The van der Waals surface area contributed by atoms with Crippen LogP contribution in [0.2, 0.25) is 0 Å². The molecule has 1 aliphatic rings. The van der Waals surface area contributed by atoms with Gasteiger partial charge in [-0.25, -0.2) is 8.78 Å². The van der Waals surface area contributed by atoms with Crippen molar-refractivity contribution >= 4 is 16.8 Å². The predicted molar refractivity (Wildman–Crippen MR) is 50.3 cm³/mol. The van der Waals surface area contributed by atoms with Crippen molar-refractivity contribution in [2.45, 2.75) is 13.3 Å². The second-order valence-corrected chi connectivity index (χ2v) is 3.57. The number of carbonyl (C=O) groups is 1. The zero-order valence-electron chi connectivity index (χ0n) is 7.85. The molecule has 0 fully saturated rings. The van der Waals surface area contributed by atoms with Gasteiger partial charge in [-0.3, -0.25) is 4.79 Å². The van der Waals surface area contributed by atoms with Crippen LogP contribution in [-0.4, -0.2) is 30.2 Å². The molecule has 0 aromatic heterocycles. The van der Waals surface area contributed by atoms with Gasteiger partial charge < -0.3 is 4.90 Å². The van der Waals surface area contributed by atoms with Crippen LogP contribution < -0.4 is 0 Å². The van der Waals surface area contributed by atoms with E-state index in [1.54, 1.807) is 18.9 Å². The van der Waals surface area contributed by atoms with Gasteiger partial charge in [-0.15, -0.1) is 0 Å².